The van der Waals surface area contributed by atoms with E-state index in [1.54, 1.807) is 0 Å². The lowest BCUT2D eigenvalue weighted by molar-refractivity contribution is -0.168. The first-order chi connectivity index (χ1) is 9.82. The SMILES string of the molecule is CCC1CCNC(C(=O)N(CC(F)(F)F)C(CC)CC)C1. The van der Waals surface area contributed by atoms with Crippen molar-refractivity contribution < 1.29 is 18.0 Å². The van der Waals surface area contributed by atoms with Gasteiger partial charge in [-0.2, -0.15) is 13.2 Å². The highest BCUT2D eigenvalue weighted by molar-refractivity contribution is 5.82. The van der Waals surface area contributed by atoms with Crippen LogP contribution in [-0.4, -0.2) is 42.2 Å². The molecule has 0 aliphatic carbocycles. The number of carbonyl (C=O) groups is 1. The molecule has 3 nitrogen and oxygen atoms in total. The zero-order chi connectivity index (χ0) is 16.0. The minimum atomic E-state index is -4.35. The third kappa shape index (κ3) is 5.49. The first-order valence-electron chi connectivity index (χ1n) is 7.92. The molecular weight excluding hydrogens is 281 g/mol. The number of amides is 1. The number of rotatable bonds is 6. The van der Waals surface area contributed by atoms with Gasteiger partial charge in [0.25, 0.3) is 0 Å². The monoisotopic (exact) mass is 308 g/mol. The van der Waals surface area contributed by atoms with E-state index in [9.17, 15) is 18.0 Å². The van der Waals surface area contributed by atoms with E-state index >= 15 is 0 Å². The largest absolute Gasteiger partial charge is 0.406 e. The van der Waals surface area contributed by atoms with Gasteiger partial charge in [0.15, 0.2) is 0 Å². The van der Waals surface area contributed by atoms with Crippen LogP contribution in [0.25, 0.3) is 0 Å². The first-order valence-corrected chi connectivity index (χ1v) is 7.92. The van der Waals surface area contributed by atoms with Crippen molar-refractivity contribution in [1.29, 1.82) is 0 Å². The van der Waals surface area contributed by atoms with Crippen LogP contribution in [0.5, 0.6) is 0 Å². The predicted octanol–water partition coefficient (Wildman–Crippen LogP) is 3.34. The Morgan fingerprint density at radius 2 is 1.90 bits per heavy atom. The van der Waals surface area contributed by atoms with Crippen molar-refractivity contribution in [2.75, 3.05) is 13.1 Å². The normalized spacial score (nSPS) is 23.4. The maximum Gasteiger partial charge on any atom is 0.406 e. The van der Waals surface area contributed by atoms with Crippen LogP contribution in [0.1, 0.15) is 52.9 Å². The van der Waals surface area contributed by atoms with E-state index in [0.717, 1.165) is 17.7 Å². The fourth-order valence-electron chi connectivity index (χ4n) is 3.06. The molecule has 0 saturated carbocycles. The number of hydrogen-bond donors (Lipinski definition) is 1. The van der Waals surface area contributed by atoms with Gasteiger partial charge in [-0.1, -0.05) is 27.2 Å². The molecule has 2 atom stereocenters. The summed E-state index contributed by atoms with van der Waals surface area (Å²) in [6.45, 7) is 5.28. The zero-order valence-corrected chi connectivity index (χ0v) is 13.2. The van der Waals surface area contributed by atoms with Crippen molar-refractivity contribution in [3.63, 3.8) is 0 Å². The molecule has 1 saturated heterocycles. The van der Waals surface area contributed by atoms with Crippen molar-refractivity contribution >= 4 is 5.91 Å². The molecule has 124 valence electrons. The summed E-state index contributed by atoms with van der Waals surface area (Å²) in [5.74, 6) is 0.0359. The molecule has 1 heterocycles. The van der Waals surface area contributed by atoms with Crippen LogP contribution in [0.4, 0.5) is 13.2 Å². The highest BCUT2D eigenvalue weighted by Gasteiger charge is 2.38. The minimum Gasteiger partial charge on any atom is -0.329 e. The average molecular weight is 308 g/mol. The summed E-state index contributed by atoms with van der Waals surface area (Å²) in [4.78, 5) is 13.6. The van der Waals surface area contributed by atoms with Crippen molar-refractivity contribution in [1.82, 2.24) is 10.2 Å². The Hall–Kier alpha value is -0.780. The third-order valence-electron chi connectivity index (χ3n) is 4.40. The van der Waals surface area contributed by atoms with Gasteiger partial charge in [0.1, 0.15) is 6.54 Å². The molecule has 1 N–H and O–H groups in total. The Morgan fingerprint density at radius 3 is 2.38 bits per heavy atom. The number of alkyl halides is 3. The summed E-state index contributed by atoms with van der Waals surface area (Å²) in [6, 6.07) is -0.811. The molecule has 1 fully saturated rings. The molecule has 0 aromatic heterocycles. The fourth-order valence-corrected chi connectivity index (χ4v) is 3.06. The van der Waals surface area contributed by atoms with Crippen molar-refractivity contribution in [3.8, 4) is 0 Å². The molecule has 0 radical (unpaired) electrons. The van der Waals surface area contributed by atoms with Crippen LogP contribution in [0, 0.1) is 5.92 Å². The van der Waals surface area contributed by atoms with Crippen LogP contribution < -0.4 is 5.32 Å². The van der Waals surface area contributed by atoms with E-state index in [1.165, 1.54) is 0 Å². The Kier molecular flexibility index (Phi) is 6.97. The highest BCUT2D eigenvalue weighted by Crippen LogP contribution is 2.25. The van der Waals surface area contributed by atoms with E-state index in [-0.39, 0.29) is 11.9 Å². The summed E-state index contributed by atoms with van der Waals surface area (Å²) in [6.07, 6.45) is -0.661. The van der Waals surface area contributed by atoms with E-state index in [2.05, 4.69) is 12.2 Å². The molecule has 0 aromatic rings. The van der Waals surface area contributed by atoms with E-state index in [0.29, 0.717) is 31.7 Å². The van der Waals surface area contributed by atoms with E-state index < -0.39 is 18.8 Å². The molecule has 1 aliphatic heterocycles. The quantitative estimate of drug-likeness (QED) is 0.816. The Morgan fingerprint density at radius 1 is 1.29 bits per heavy atom. The lowest BCUT2D eigenvalue weighted by Gasteiger charge is -2.37. The molecule has 2 unspecified atom stereocenters. The summed E-state index contributed by atoms with van der Waals surface area (Å²) in [5, 5.41) is 3.09. The molecule has 0 bridgehead atoms. The number of nitrogens with one attached hydrogen (secondary N) is 1. The Balaban J connectivity index is 2.83. The number of nitrogens with zero attached hydrogens (tertiary/aromatic N) is 1. The molecular formula is C15H27F3N2O. The van der Waals surface area contributed by atoms with Crippen molar-refractivity contribution in [3.05, 3.63) is 0 Å². The smallest absolute Gasteiger partial charge is 0.329 e. The number of carbonyl (C=O) groups excluding carboxylic acids is 1. The Labute approximate surface area is 125 Å². The van der Waals surface area contributed by atoms with Gasteiger partial charge in [0.2, 0.25) is 5.91 Å². The van der Waals surface area contributed by atoms with Gasteiger partial charge < -0.3 is 10.2 Å². The lowest BCUT2D eigenvalue weighted by Crippen LogP contribution is -2.55. The van der Waals surface area contributed by atoms with Gasteiger partial charge in [0, 0.05) is 6.04 Å². The van der Waals surface area contributed by atoms with Gasteiger partial charge >= 0.3 is 6.18 Å². The molecule has 1 rings (SSSR count). The van der Waals surface area contributed by atoms with Crippen LogP contribution in [0.2, 0.25) is 0 Å². The zero-order valence-electron chi connectivity index (χ0n) is 13.2. The second-order valence-corrected chi connectivity index (χ2v) is 5.86. The number of piperidine rings is 1. The second kappa shape index (κ2) is 8.01. The summed E-state index contributed by atoms with van der Waals surface area (Å²) < 4.78 is 38.4. The first kappa shape index (κ1) is 18.3. The van der Waals surface area contributed by atoms with E-state index in [4.69, 9.17) is 0 Å². The molecule has 6 heteroatoms. The summed E-state index contributed by atoms with van der Waals surface area (Å²) >= 11 is 0. The van der Waals surface area contributed by atoms with Crippen LogP contribution in [0.3, 0.4) is 0 Å². The van der Waals surface area contributed by atoms with Gasteiger partial charge in [-0.15, -0.1) is 0 Å². The van der Waals surface area contributed by atoms with E-state index in [1.807, 2.05) is 13.8 Å². The lowest BCUT2D eigenvalue weighted by atomic mass is 9.89. The Bertz CT molecular complexity index is 329. The van der Waals surface area contributed by atoms with Crippen molar-refractivity contribution in [2.24, 2.45) is 5.92 Å². The molecule has 21 heavy (non-hydrogen) atoms. The standard InChI is InChI=1S/C15H27F3N2O/c1-4-11-7-8-19-13(9-11)14(21)20(10-15(16,17)18)12(5-2)6-3/h11-13,19H,4-10H2,1-3H3. The number of hydrogen-bond acceptors (Lipinski definition) is 2. The topological polar surface area (TPSA) is 32.3 Å². The van der Waals surface area contributed by atoms with Gasteiger partial charge in [-0.3, -0.25) is 4.79 Å². The predicted molar refractivity (Wildman–Crippen MR) is 76.9 cm³/mol. The summed E-state index contributed by atoms with van der Waals surface area (Å²) in [5.41, 5.74) is 0. The number of halogens is 3. The molecule has 1 amide bonds. The van der Waals surface area contributed by atoms with Crippen LogP contribution >= 0.6 is 0 Å². The molecule has 1 aliphatic rings. The van der Waals surface area contributed by atoms with Gasteiger partial charge in [0.05, 0.1) is 6.04 Å². The fraction of sp³-hybridized carbons (Fsp3) is 0.933. The maximum atomic E-state index is 12.8. The third-order valence-corrected chi connectivity index (χ3v) is 4.40. The van der Waals surface area contributed by atoms with Gasteiger partial charge in [-0.05, 0) is 38.1 Å². The minimum absolute atomic E-state index is 0.345. The molecule has 0 spiro atoms. The van der Waals surface area contributed by atoms with Gasteiger partial charge in [-0.25, -0.2) is 0 Å². The summed E-state index contributed by atoms with van der Waals surface area (Å²) in [7, 11) is 0. The maximum absolute atomic E-state index is 12.8. The highest BCUT2D eigenvalue weighted by atomic mass is 19.4. The van der Waals surface area contributed by atoms with Crippen LogP contribution in [0.15, 0.2) is 0 Å². The van der Waals surface area contributed by atoms with Crippen LogP contribution in [-0.2, 0) is 4.79 Å². The second-order valence-electron chi connectivity index (χ2n) is 5.86. The average Bonchev–Trinajstić information content (AvgIpc) is 2.45. The van der Waals surface area contributed by atoms with Crippen molar-refractivity contribution in [2.45, 2.75) is 71.1 Å². The molecule has 0 aromatic carbocycles.